The van der Waals surface area contributed by atoms with Crippen LogP contribution in [0.1, 0.15) is 16.1 Å². The van der Waals surface area contributed by atoms with E-state index in [0.717, 1.165) is 5.69 Å². The van der Waals surface area contributed by atoms with Crippen LogP contribution in [0.4, 0.5) is 5.69 Å². The Morgan fingerprint density at radius 3 is 2.68 bits per heavy atom. The fourth-order valence-electron chi connectivity index (χ4n) is 3.02. The Hall–Kier alpha value is -3.38. The molecule has 0 saturated carbocycles. The fourth-order valence-corrected chi connectivity index (χ4v) is 3.37. The van der Waals surface area contributed by atoms with Gasteiger partial charge in [-0.05, 0) is 31.2 Å². The van der Waals surface area contributed by atoms with Crippen LogP contribution in [0.15, 0.2) is 60.8 Å². The number of nitrogens with zero attached hydrogens (tertiary/aromatic N) is 3. The van der Waals surface area contributed by atoms with Gasteiger partial charge < -0.3 is 10.1 Å². The number of hydrogen-bond donors (Lipinski definition) is 1. The van der Waals surface area contributed by atoms with E-state index < -0.39 is 0 Å². The van der Waals surface area contributed by atoms with Crippen molar-refractivity contribution in [3.8, 4) is 11.4 Å². The molecule has 0 fully saturated rings. The van der Waals surface area contributed by atoms with Crippen molar-refractivity contribution in [2.45, 2.75) is 6.92 Å². The summed E-state index contributed by atoms with van der Waals surface area (Å²) in [4.78, 5) is 17.2. The number of carbonyl (C=O) groups is 1. The van der Waals surface area contributed by atoms with E-state index in [1.807, 2.05) is 37.3 Å². The predicted octanol–water partition coefficient (Wildman–Crippen LogP) is 4.64. The highest BCUT2D eigenvalue weighted by atomic mass is 35.5. The molecule has 2 heterocycles. The van der Waals surface area contributed by atoms with E-state index in [0.29, 0.717) is 33.2 Å². The lowest BCUT2D eigenvalue weighted by atomic mass is 10.2. The molecule has 0 radical (unpaired) electrons. The lowest BCUT2D eigenvalue weighted by Crippen LogP contribution is -2.13. The van der Waals surface area contributed by atoms with Crippen molar-refractivity contribution in [2.75, 3.05) is 12.4 Å². The van der Waals surface area contributed by atoms with Gasteiger partial charge in [0.2, 0.25) is 0 Å². The number of para-hydroxylation sites is 1. The average Bonchev–Trinajstić information content (AvgIpc) is 3.06. The molecule has 4 rings (SSSR count). The standard InChI is InChI=1S/C21H17ClN4O2/c1-13-18-19(22)17(21(27)24-14-7-6-10-16(11-14)28-2)12-23-20(18)26(25-13)15-8-4-3-5-9-15/h3-12H,1-2H3,(H,24,27). The van der Waals surface area contributed by atoms with Crippen molar-refractivity contribution in [1.29, 1.82) is 0 Å². The van der Waals surface area contributed by atoms with Gasteiger partial charge in [-0.3, -0.25) is 4.79 Å². The van der Waals surface area contributed by atoms with E-state index in [-0.39, 0.29) is 11.5 Å². The number of pyridine rings is 1. The highest BCUT2D eigenvalue weighted by Gasteiger charge is 2.20. The van der Waals surface area contributed by atoms with Gasteiger partial charge in [0.25, 0.3) is 5.91 Å². The van der Waals surface area contributed by atoms with Crippen molar-refractivity contribution >= 4 is 34.2 Å². The van der Waals surface area contributed by atoms with Crippen LogP contribution in [0.2, 0.25) is 5.02 Å². The topological polar surface area (TPSA) is 69.0 Å². The molecule has 0 aliphatic carbocycles. The minimum absolute atomic E-state index is 0.285. The van der Waals surface area contributed by atoms with Crippen LogP contribution in [0, 0.1) is 6.92 Å². The van der Waals surface area contributed by atoms with Gasteiger partial charge in [-0.25, -0.2) is 9.67 Å². The van der Waals surface area contributed by atoms with Crippen LogP contribution in [-0.2, 0) is 0 Å². The third-order valence-electron chi connectivity index (χ3n) is 4.38. The monoisotopic (exact) mass is 392 g/mol. The number of anilines is 1. The summed E-state index contributed by atoms with van der Waals surface area (Å²) in [5.74, 6) is 0.303. The zero-order valence-electron chi connectivity index (χ0n) is 15.3. The molecule has 7 heteroatoms. The van der Waals surface area contributed by atoms with Crippen LogP contribution in [0.25, 0.3) is 16.7 Å². The van der Waals surface area contributed by atoms with Crippen molar-refractivity contribution in [1.82, 2.24) is 14.8 Å². The summed E-state index contributed by atoms with van der Waals surface area (Å²) in [6, 6.07) is 16.8. The first kappa shape index (κ1) is 18.0. The molecule has 1 N–H and O–H groups in total. The van der Waals surface area contributed by atoms with E-state index in [2.05, 4.69) is 15.4 Å². The summed E-state index contributed by atoms with van der Waals surface area (Å²) >= 11 is 6.59. The molecular formula is C21H17ClN4O2. The zero-order chi connectivity index (χ0) is 19.7. The van der Waals surface area contributed by atoms with Gasteiger partial charge in [0.05, 0.1) is 34.5 Å². The summed E-state index contributed by atoms with van der Waals surface area (Å²) in [5.41, 5.74) is 3.07. The number of aromatic nitrogens is 3. The van der Waals surface area contributed by atoms with Crippen LogP contribution < -0.4 is 10.1 Å². The number of rotatable bonds is 4. The first-order chi connectivity index (χ1) is 13.6. The predicted molar refractivity (Wildman–Crippen MR) is 110 cm³/mol. The summed E-state index contributed by atoms with van der Waals surface area (Å²) in [7, 11) is 1.57. The third kappa shape index (κ3) is 3.18. The molecule has 4 aromatic rings. The van der Waals surface area contributed by atoms with Crippen LogP contribution in [-0.4, -0.2) is 27.8 Å². The Morgan fingerprint density at radius 1 is 1.14 bits per heavy atom. The zero-order valence-corrected chi connectivity index (χ0v) is 16.1. The normalized spacial score (nSPS) is 10.8. The first-order valence-electron chi connectivity index (χ1n) is 8.63. The van der Waals surface area contributed by atoms with Crippen LogP contribution in [0.5, 0.6) is 5.75 Å². The highest BCUT2D eigenvalue weighted by Crippen LogP contribution is 2.30. The molecule has 0 atom stereocenters. The lowest BCUT2D eigenvalue weighted by Gasteiger charge is -2.09. The molecule has 28 heavy (non-hydrogen) atoms. The molecule has 1 amide bonds. The van der Waals surface area contributed by atoms with E-state index in [1.165, 1.54) is 6.20 Å². The minimum atomic E-state index is -0.348. The number of aryl methyl sites for hydroxylation is 1. The Bertz CT molecular complexity index is 1170. The molecular weight excluding hydrogens is 376 g/mol. The minimum Gasteiger partial charge on any atom is -0.497 e. The van der Waals surface area contributed by atoms with E-state index in [1.54, 1.807) is 36.1 Å². The SMILES string of the molecule is COc1cccc(NC(=O)c2cnc3c(c(C)nn3-c3ccccc3)c2Cl)c1. The van der Waals surface area contributed by atoms with Crippen LogP contribution in [0.3, 0.4) is 0 Å². The van der Waals surface area contributed by atoms with Gasteiger partial charge in [0.15, 0.2) is 5.65 Å². The maximum atomic E-state index is 12.8. The third-order valence-corrected chi connectivity index (χ3v) is 4.77. The quantitative estimate of drug-likeness (QED) is 0.549. The number of ether oxygens (including phenoxy) is 1. The second-order valence-corrected chi connectivity index (χ2v) is 6.58. The summed E-state index contributed by atoms with van der Waals surface area (Å²) in [5, 5.41) is 8.36. The van der Waals surface area contributed by atoms with Crippen molar-refractivity contribution in [3.05, 3.63) is 77.1 Å². The molecule has 0 aliphatic heterocycles. The fraction of sp³-hybridized carbons (Fsp3) is 0.0952. The molecule has 2 aromatic carbocycles. The number of amides is 1. The van der Waals surface area contributed by atoms with E-state index in [4.69, 9.17) is 16.3 Å². The van der Waals surface area contributed by atoms with Gasteiger partial charge in [0, 0.05) is 18.0 Å². The second-order valence-electron chi connectivity index (χ2n) is 6.20. The Balaban J connectivity index is 1.74. The molecule has 140 valence electrons. The number of fused-ring (bicyclic) bond motifs is 1. The molecule has 0 spiro atoms. The van der Waals surface area contributed by atoms with Gasteiger partial charge in [-0.1, -0.05) is 35.9 Å². The van der Waals surface area contributed by atoms with Crippen molar-refractivity contribution in [2.24, 2.45) is 0 Å². The highest BCUT2D eigenvalue weighted by molar-refractivity contribution is 6.39. The molecule has 0 bridgehead atoms. The number of carbonyl (C=O) groups excluding carboxylic acids is 1. The van der Waals surface area contributed by atoms with Crippen molar-refractivity contribution in [3.63, 3.8) is 0 Å². The Kier molecular flexibility index (Phi) is 4.71. The maximum Gasteiger partial charge on any atom is 0.258 e. The number of hydrogen-bond acceptors (Lipinski definition) is 4. The average molecular weight is 393 g/mol. The second kappa shape index (κ2) is 7.32. The van der Waals surface area contributed by atoms with Gasteiger partial charge in [0.1, 0.15) is 5.75 Å². The van der Waals surface area contributed by atoms with Gasteiger partial charge in [-0.2, -0.15) is 5.10 Å². The molecule has 0 unspecified atom stereocenters. The molecule has 6 nitrogen and oxygen atoms in total. The summed E-state index contributed by atoms with van der Waals surface area (Å²) < 4.78 is 6.91. The van der Waals surface area contributed by atoms with E-state index >= 15 is 0 Å². The molecule has 0 saturated heterocycles. The Morgan fingerprint density at radius 2 is 1.93 bits per heavy atom. The number of halogens is 1. The number of methoxy groups -OCH3 is 1. The molecule has 2 aromatic heterocycles. The van der Waals surface area contributed by atoms with Gasteiger partial charge in [-0.15, -0.1) is 0 Å². The number of nitrogens with one attached hydrogen (secondary N) is 1. The summed E-state index contributed by atoms with van der Waals surface area (Å²) in [6.45, 7) is 1.85. The van der Waals surface area contributed by atoms with Crippen LogP contribution >= 0.6 is 11.6 Å². The number of benzene rings is 2. The largest absolute Gasteiger partial charge is 0.497 e. The lowest BCUT2D eigenvalue weighted by molar-refractivity contribution is 0.102. The van der Waals surface area contributed by atoms with Crippen molar-refractivity contribution < 1.29 is 9.53 Å². The maximum absolute atomic E-state index is 12.8. The smallest absolute Gasteiger partial charge is 0.258 e. The van der Waals surface area contributed by atoms with Gasteiger partial charge >= 0.3 is 0 Å². The summed E-state index contributed by atoms with van der Waals surface area (Å²) in [6.07, 6.45) is 1.47. The first-order valence-corrected chi connectivity index (χ1v) is 9.01. The molecule has 0 aliphatic rings. The van der Waals surface area contributed by atoms with E-state index in [9.17, 15) is 4.79 Å². The Labute approximate surface area is 166 Å².